The third kappa shape index (κ3) is 3.08. The molecule has 3 heteroatoms. The first-order valence-electron chi connectivity index (χ1n) is 6.86. The number of aliphatic carboxylic acids is 1. The SMILES string of the molecule is CCCCCC12CCC(C(=O)O)(CC1)CC2.[H-].[Na+]. The molecular weight excluding hydrogens is 223 g/mol. The smallest absolute Gasteiger partial charge is 1.00 e. The van der Waals surface area contributed by atoms with Crippen molar-refractivity contribution in [3.8, 4) is 0 Å². The topological polar surface area (TPSA) is 37.3 Å². The molecule has 0 aromatic heterocycles. The Morgan fingerprint density at radius 3 is 2.06 bits per heavy atom. The summed E-state index contributed by atoms with van der Waals surface area (Å²) >= 11 is 0. The van der Waals surface area contributed by atoms with Crippen LogP contribution in [-0.4, -0.2) is 11.1 Å². The van der Waals surface area contributed by atoms with Crippen molar-refractivity contribution in [3.05, 3.63) is 0 Å². The van der Waals surface area contributed by atoms with Gasteiger partial charge in [0.05, 0.1) is 5.41 Å². The van der Waals surface area contributed by atoms with Crippen molar-refractivity contribution >= 4 is 5.97 Å². The summed E-state index contributed by atoms with van der Waals surface area (Å²) in [7, 11) is 0. The van der Waals surface area contributed by atoms with Crippen LogP contribution < -0.4 is 29.6 Å². The predicted molar refractivity (Wildman–Crippen MR) is 65.5 cm³/mol. The Labute approximate surface area is 128 Å². The number of hydrogen-bond donors (Lipinski definition) is 1. The number of hydrogen-bond acceptors (Lipinski definition) is 1. The van der Waals surface area contributed by atoms with Gasteiger partial charge in [0.25, 0.3) is 0 Å². The second-order valence-electron chi connectivity index (χ2n) is 6.04. The Bertz CT molecular complexity index is 256. The molecule has 2 nitrogen and oxygen atoms in total. The van der Waals surface area contributed by atoms with Crippen LogP contribution >= 0.6 is 0 Å². The monoisotopic (exact) mass is 248 g/mol. The van der Waals surface area contributed by atoms with Crippen molar-refractivity contribution in [2.45, 2.75) is 71.1 Å². The fraction of sp³-hybridized carbons (Fsp3) is 0.929. The van der Waals surface area contributed by atoms with Crippen molar-refractivity contribution in [2.24, 2.45) is 10.8 Å². The van der Waals surface area contributed by atoms with Crippen molar-refractivity contribution < 1.29 is 40.9 Å². The molecule has 94 valence electrons. The predicted octanol–water partition coefficient (Wildman–Crippen LogP) is 1.11. The van der Waals surface area contributed by atoms with Gasteiger partial charge in [-0.15, -0.1) is 0 Å². The Morgan fingerprint density at radius 2 is 1.65 bits per heavy atom. The van der Waals surface area contributed by atoms with Gasteiger partial charge in [0.15, 0.2) is 0 Å². The second-order valence-corrected chi connectivity index (χ2v) is 6.04. The van der Waals surface area contributed by atoms with Crippen LogP contribution in [0, 0.1) is 10.8 Å². The van der Waals surface area contributed by atoms with E-state index in [4.69, 9.17) is 0 Å². The van der Waals surface area contributed by atoms with Crippen LogP contribution in [0.2, 0.25) is 0 Å². The van der Waals surface area contributed by atoms with Crippen LogP contribution in [0.15, 0.2) is 0 Å². The van der Waals surface area contributed by atoms with Gasteiger partial charge in [-0.05, 0) is 50.4 Å². The molecule has 3 fully saturated rings. The number of rotatable bonds is 5. The third-order valence-corrected chi connectivity index (χ3v) is 5.17. The van der Waals surface area contributed by atoms with E-state index in [0.717, 1.165) is 19.3 Å². The zero-order valence-electron chi connectivity index (χ0n) is 12.4. The average molecular weight is 248 g/mol. The van der Waals surface area contributed by atoms with E-state index in [9.17, 15) is 9.90 Å². The van der Waals surface area contributed by atoms with Gasteiger partial charge in [0.1, 0.15) is 0 Å². The van der Waals surface area contributed by atoms with Gasteiger partial charge in [0.2, 0.25) is 0 Å². The molecule has 0 aromatic carbocycles. The zero-order chi connectivity index (χ0) is 11.6. The molecule has 0 aliphatic heterocycles. The molecule has 3 aliphatic rings. The van der Waals surface area contributed by atoms with E-state index in [1.54, 1.807) is 0 Å². The van der Waals surface area contributed by atoms with E-state index in [1.807, 2.05) is 0 Å². The first kappa shape index (κ1) is 15.5. The van der Waals surface area contributed by atoms with E-state index in [0.29, 0.717) is 5.41 Å². The van der Waals surface area contributed by atoms with Crippen LogP contribution in [0.3, 0.4) is 0 Å². The number of unbranched alkanes of at least 4 members (excludes halogenated alkanes) is 2. The molecule has 3 aliphatic carbocycles. The molecule has 0 saturated heterocycles. The summed E-state index contributed by atoms with van der Waals surface area (Å²) in [5, 5.41) is 9.31. The molecule has 17 heavy (non-hydrogen) atoms. The van der Waals surface area contributed by atoms with Gasteiger partial charge >= 0.3 is 35.5 Å². The fourth-order valence-corrected chi connectivity index (χ4v) is 3.71. The quantitative estimate of drug-likeness (QED) is 0.584. The average Bonchev–Trinajstić information content (AvgIpc) is 2.31. The standard InChI is InChI=1S/C14H24O2.Na.H/c1-2-3-4-5-13-6-9-14(10-7-13,11-8-13)12(15)16;;/h2-11H2,1H3,(H,15,16);;/q;+1;-1. The minimum atomic E-state index is -0.533. The van der Waals surface area contributed by atoms with Crippen LogP contribution in [-0.2, 0) is 4.79 Å². The maximum atomic E-state index is 11.3. The largest absolute Gasteiger partial charge is 1.00 e. The van der Waals surface area contributed by atoms with Gasteiger partial charge in [-0.1, -0.05) is 26.2 Å². The summed E-state index contributed by atoms with van der Waals surface area (Å²) in [5.41, 5.74) is 0.207. The number of carboxylic acids is 1. The van der Waals surface area contributed by atoms with Crippen molar-refractivity contribution in [2.75, 3.05) is 0 Å². The normalized spacial score (nSPS) is 35.4. The molecule has 0 aromatic rings. The van der Waals surface area contributed by atoms with Crippen molar-refractivity contribution in [1.29, 1.82) is 0 Å². The van der Waals surface area contributed by atoms with Crippen LogP contribution in [0.25, 0.3) is 0 Å². The van der Waals surface area contributed by atoms with Crippen molar-refractivity contribution in [1.82, 2.24) is 0 Å². The fourth-order valence-electron chi connectivity index (χ4n) is 3.71. The van der Waals surface area contributed by atoms with Crippen molar-refractivity contribution in [3.63, 3.8) is 0 Å². The number of carboxylic acid groups (broad SMARTS) is 1. The third-order valence-electron chi connectivity index (χ3n) is 5.17. The molecule has 0 radical (unpaired) electrons. The van der Waals surface area contributed by atoms with Gasteiger partial charge in [-0.2, -0.15) is 0 Å². The summed E-state index contributed by atoms with van der Waals surface area (Å²) in [5.74, 6) is -0.533. The van der Waals surface area contributed by atoms with Crippen LogP contribution in [0.4, 0.5) is 0 Å². The Kier molecular flexibility index (Phi) is 5.55. The molecule has 1 N–H and O–H groups in total. The van der Waals surface area contributed by atoms with E-state index >= 15 is 0 Å². The van der Waals surface area contributed by atoms with Crippen LogP contribution in [0.5, 0.6) is 0 Å². The molecule has 0 spiro atoms. The Hall–Kier alpha value is 0.470. The van der Waals surface area contributed by atoms with Gasteiger partial charge < -0.3 is 6.53 Å². The van der Waals surface area contributed by atoms with Gasteiger partial charge in [-0.25, -0.2) is 0 Å². The Balaban J connectivity index is 0.00000144. The molecule has 0 amide bonds. The number of carbonyl (C=O) groups is 1. The summed E-state index contributed by atoms with van der Waals surface area (Å²) in [6.45, 7) is 2.24. The first-order valence-corrected chi connectivity index (χ1v) is 6.86. The van der Waals surface area contributed by atoms with Crippen LogP contribution in [0.1, 0.15) is 72.6 Å². The molecule has 3 rings (SSSR count). The first-order chi connectivity index (χ1) is 7.63. The molecule has 2 bridgehead atoms. The molecule has 0 unspecified atom stereocenters. The van der Waals surface area contributed by atoms with E-state index in [-0.39, 0.29) is 36.4 Å². The zero-order valence-corrected chi connectivity index (χ0v) is 13.4. The maximum Gasteiger partial charge on any atom is 1.00 e. The van der Waals surface area contributed by atoms with Gasteiger partial charge in [-0.3, -0.25) is 4.79 Å². The molecule has 3 saturated carbocycles. The summed E-state index contributed by atoms with van der Waals surface area (Å²) in [4.78, 5) is 11.3. The second kappa shape index (κ2) is 6.08. The van der Waals surface area contributed by atoms with E-state index in [2.05, 4.69) is 6.92 Å². The minimum Gasteiger partial charge on any atom is -1.00 e. The molecular formula is C14H25NaO2. The maximum absolute atomic E-state index is 11.3. The molecule has 0 atom stereocenters. The summed E-state index contributed by atoms with van der Waals surface area (Å²) in [6.07, 6.45) is 11.6. The van der Waals surface area contributed by atoms with E-state index in [1.165, 1.54) is 44.9 Å². The minimum absolute atomic E-state index is 0. The summed E-state index contributed by atoms with van der Waals surface area (Å²) in [6, 6.07) is 0. The number of fused-ring (bicyclic) bond motifs is 3. The summed E-state index contributed by atoms with van der Waals surface area (Å²) < 4.78 is 0. The molecule has 0 heterocycles. The van der Waals surface area contributed by atoms with E-state index < -0.39 is 5.97 Å². The van der Waals surface area contributed by atoms with Gasteiger partial charge in [0, 0.05) is 0 Å². The Morgan fingerprint density at radius 1 is 1.12 bits per heavy atom.